The van der Waals surface area contributed by atoms with E-state index in [0.29, 0.717) is 33.3 Å². The number of nitrogens with zero attached hydrogens (tertiary/aromatic N) is 6. The summed E-state index contributed by atoms with van der Waals surface area (Å²) >= 11 is 24.3. The number of primary amides is 1. The van der Waals surface area contributed by atoms with E-state index < -0.39 is 22.8 Å². The first-order valence-electron chi connectivity index (χ1n) is 22.4. The van der Waals surface area contributed by atoms with Crippen LogP contribution >= 0.6 is 66.7 Å². The number of aromatic nitrogens is 7. The molecule has 3 saturated carbocycles. The minimum absolute atomic E-state index is 0.0139. The molecule has 5 aromatic heterocycles. The van der Waals surface area contributed by atoms with Gasteiger partial charge in [0.1, 0.15) is 64.2 Å². The van der Waals surface area contributed by atoms with Crippen molar-refractivity contribution in [2.45, 2.75) is 111 Å². The van der Waals surface area contributed by atoms with Crippen molar-refractivity contribution in [2.75, 3.05) is 11.1 Å². The fraction of sp³-hybridized carbons (Fsp3) is 0.426. The van der Waals surface area contributed by atoms with E-state index in [0.717, 1.165) is 51.4 Å². The standard InChI is InChI=1S/C17H18ClN5O2.C13H14BrClN2O2.C7H12O.C6H4BrClN2O2.C4H5N3/c1-16(2)5-3-6-17(16)22-14(24)13-10(18)8-11(15(25)23(13)17)21-12-4-7-19-9-20-12;1-12(2)4-3-5-13(12)16-10(18)9-8(15)6-7(14)11(19)17(9)13;1-7(2)5-3-4-6(7)8;7-2-1-3(8)4(5(9)11)10-6(2)12;5-4-1-2-6-3-7-4/h4,7-9H,3,5-6H2,1-2H3,(H,22,24)(H,19,20,21);6H,3-5H2,1-2H3,(H,16,18);3-5H2,1-2H3;1H,(H2,9,11)(H,10,12);1-3H,(H2,5,6,7). The van der Waals surface area contributed by atoms with Crippen LogP contribution in [0, 0.1) is 16.2 Å². The molecule has 5 aromatic rings. The van der Waals surface area contributed by atoms with Gasteiger partial charge in [0, 0.05) is 35.1 Å². The number of Topliss-reactive ketones (excluding diaryl/α,β-unsaturated/α-hetero) is 1. The molecule has 2 spiro atoms. The first-order valence-corrected chi connectivity index (χ1v) is 25.1. The van der Waals surface area contributed by atoms with E-state index >= 15 is 0 Å². The van der Waals surface area contributed by atoms with E-state index in [1.165, 1.54) is 30.9 Å². The number of fused-ring (bicyclic) bond motifs is 4. The predicted octanol–water partition coefficient (Wildman–Crippen LogP) is 8.23. The van der Waals surface area contributed by atoms with E-state index in [-0.39, 0.29) is 76.5 Å². The molecule has 0 bridgehead atoms. The van der Waals surface area contributed by atoms with Gasteiger partial charge in [0.15, 0.2) is 0 Å². The second-order valence-corrected chi connectivity index (χ2v) is 22.3. The molecule has 19 nitrogen and oxygen atoms in total. The van der Waals surface area contributed by atoms with Crippen LogP contribution in [0.4, 0.5) is 17.3 Å². The van der Waals surface area contributed by atoms with E-state index in [1.54, 1.807) is 33.7 Å². The number of carbonyl (C=O) groups excluding carboxylic acids is 4. The molecule has 3 aliphatic carbocycles. The number of halogens is 5. The Labute approximate surface area is 439 Å². The maximum absolute atomic E-state index is 13.2. The summed E-state index contributed by atoms with van der Waals surface area (Å²) in [5.41, 5.74) is 8.11. The van der Waals surface area contributed by atoms with Gasteiger partial charge >= 0.3 is 0 Å². The Balaban J connectivity index is 0.000000158. The van der Waals surface area contributed by atoms with Crippen LogP contribution < -0.4 is 44.1 Å². The Morgan fingerprint density at radius 2 is 1.21 bits per heavy atom. The van der Waals surface area contributed by atoms with Crippen molar-refractivity contribution in [3.05, 3.63) is 128 Å². The average Bonchev–Trinajstić information content (AvgIpc) is 4.06. The maximum Gasteiger partial charge on any atom is 0.276 e. The first-order chi connectivity index (χ1) is 33.2. The van der Waals surface area contributed by atoms with Crippen molar-refractivity contribution in [1.29, 1.82) is 0 Å². The summed E-state index contributed by atoms with van der Waals surface area (Å²) in [5, 5.41) is 9.71. The van der Waals surface area contributed by atoms with Crippen LogP contribution in [0.2, 0.25) is 15.1 Å². The number of carbonyl (C=O) groups is 4. The van der Waals surface area contributed by atoms with Gasteiger partial charge in [-0.3, -0.25) is 42.7 Å². The van der Waals surface area contributed by atoms with Crippen LogP contribution in [0.15, 0.2) is 78.7 Å². The molecule has 3 fully saturated rings. The number of rotatable bonds is 3. The molecule has 0 radical (unpaired) electrons. The smallest absolute Gasteiger partial charge is 0.276 e. The summed E-state index contributed by atoms with van der Waals surface area (Å²) in [6.45, 7) is 12.4. The Bertz CT molecular complexity index is 3080. The van der Waals surface area contributed by atoms with Crippen molar-refractivity contribution in [2.24, 2.45) is 22.0 Å². The molecule has 2 aliphatic heterocycles. The highest BCUT2D eigenvalue weighted by Crippen LogP contribution is 2.53. The summed E-state index contributed by atoms with van der Waals surface area (Å²) in [6.07, 6.45) is 14.2. The van der Waals surface area contributed by atoms with Crippen LogP contribution in [0.1, 0.15) is 131 Å². The molecule has 5 aliphatic rings. The number of hydrogen-bond donors (Lipinski definition) is 6. The fourth-order valence-corrected chi connectivity index (χ4v) is 11.4. The van der Waals surface area contributed by atoms with E-state index in [2.05, 4.69) is 100 Å². The van der Waals surface area contributed by atoms with Crippen LogP contribution in [-0.2, 0) is 16.1 Å². The molecular formula is C47H53Br2Cl3N12O7. The van der Waals surface area contributed by atoms with Crippen LogP contribution in [-0.4, -0.2) is 57.6 Å². The lowest BCUT2D eigenvalue weighted by Gasteiger charge is -2.39. The number of H-pyrrole nitrogens is 1. The molecule has 24 heteroatoms. The zero-order valence-corrected chi connectivity index (χ0v) is 45.1. The highest BCUT2D eigenvalue weighted by molar-refractivity contribution is 9.10. The van der Waals surface area contributed by atoms with E-state index in [4.69, 9.17) is 46.3 Å². The molecule has 71 heavy (non-hydrogen) atoms. The Hall–Kier alpha value is -5.48. The lowest BCUT2D eigenvalue weighted by Crippen LogP contribution is -2.54. The third-order valence-corrected chi connectivity index (χ3v) is 15.7. The van der Waals surface area contributed by atoms with Gasteiger partial charge in [0.25, 0.3) is 34.4 Å². The number of pyridine rings is 3. The predicted molar refractivity (Wildman–Crippen MR) is 278 cm³/mol. The number of nitrogens with two attached hydrogens (primary N) is 2. The van der Waals surface area contributed by atoms with Crippen molar-refractivity contribution < 1.29 is 19.2 Å². The summed E-state index contributed by atoms with van der Waals surface area (Å²) in [4.78, 5) is 100. The topological polar surface area (TPSA) is 285 Å². The molecule has 2 atom stereocenters. The number of nitrogens with one attached hydrogen (secondary N) is 4. The molecule has 8 N–H and O–H groups in total. The molecular weight excluding hydrogens is 1110 g/mol. The van der Waals surface area contributed by atoms with Crippen molar-refractivity contribution in [3.63, 3.8) is 0 Å². The number of ketones is 1. The monoisotopic (exact) mass is 1160 g/mol. The van der Waals surface area contributed by atoms with Gasteiger partial charge in [0.05, 0.1) is 24.0 Å². The number of anilines is 3. The van der Waals surface area contributed by atoms with Gasteiger partial charge in [0.2, 0.25) is 0 Å². The molecule has 0 saturated heterocycles. The summed E-state index contributed by atoms with van der Waals surface area (Å²) < 4.78 is 3.76. The van der Waals surface area contributed by atoms with Gasteiger partial charge in [-0.15, -0.1) is 0 Å². The minimum atomic E-state index is -0.760. The van der Waals surface area contributed by atoms with Crippen LogP contribution in [0.3, 0.4) is 0 Å². The fourth-order valence-electron chi connectivity index (χ4n) is 9.57. The highest BCUT2D eigenvalue weighted by atomic mass is 79.9. The second-order valence-electron chi connectivity index (χ2n) is 19.4. The SMILES string of the molecule is CC1(C)CCCC12NC(=O)c1c(Cl)cc(Br)c(=O)n12.CC1(C)CCCC12NC(=O)c1c(Cl)cc(Nc3ccncn3)c(=O)n12.CC1(C)CCCC1=O.NC(=O)c1[nH]c(=O)c(Br)cc1Cl.Nc1ccncn1. The van der Waals surface area contributed by atoms with E-state index in [1.807, 2.05) is 13.8 Å². The van der Waals surface area contributed by atoms with Gasteiger partial charge in [-0.1, -0.05) is 76.3 Å². The third kappa shape index (κ3) is 11.0. The summed E-state index contributed by atoms with van der Waals surface area (Å²) in [7, 11) is 0. The van der Waals surface area contributed by atoms with Crippen LogP contribution in [0.25, 0.3) is 0 Å². The van der Waals surface area contributed by atoms with Gasteiger partial charge in [-0.2, -0.15) is 0 Å². The third-order valence-electron chi connectivity index (χ3n) is 13.6. The normalized spacial score (nSPS) is 21.2. The molecule has 0 aromatic carbocycles. The van der Waals surface area contributed by atoms with Crippen molar-refractivity contribution in [3.8, 4) is 0 Å². The number of hydrogen-bond acceptors (Lipinski definition) is 13. The molecule has 10 rings (SSSR count). The average molecular weight is 1160 g/mol. The summed E-state index contributed by atoms with van der Waals surface area (Å²) in [6, 6.07) is 7.60. The summed E-state index contributed by atoms with van der Waals surface area (Å²) in [5.74, 6) is 0.119. The Kier molecular flexibility index (Phi) is 16.5. The van der Waals surface area contributed by atoms with Crippen molar-refractivity contribution in [1.82, 2.24) is 44.7 Å². The largest absolute Gasteiger partial charge is 0.384 e. The Morgan fingerprint density at radius 3 is 1.62 bits per heavy atom. The number of amides is 3. The van der Waals surface area contributed by atoms with Gasteiger partial charge in [-0.05, 0) is 114 Å². The highest BCUT2D eigenvalue weighted by Gasteiger charge is 2.58. The quantitative estimate of drug-likeness (QED) is 0.0994. The molecule has 7 heterocycles. The zero-order chi connectivity index (χ0) is 52.4. The molecule has 3 amide bonds. The molecule has 378 valence electrons. The lowest BCUT2D eigenvalue weighted by molar-refractivity contribution is -0.124. The van der Waals surface area contributed by atoms with Gasteiger partial charge < -0.3 is 32.4 Å². The maximum atomic E-state index is 13.2. The molecule has 2 unspecified atom stereocenters. The minimum Gasteiger partial charge on any atom is -0.384 e. The van der Waals surface area contributed by atoms with Crippen molar-refractivity contribution >= 4 is 107 Å². The van der Waals surface area contributed by atoms with Gasteiger partial charge in [-0.25, -0.2) is 19.9 Å². The lowest BCUT2D eigenvalue weighted by atomic mass is 9.81. The van der Waals surface area contributed by atoms with E-state index in [9.17, 15) is 33.6 Å². The second kappa shape index (κ2) is 21.3. The number of nitrogen functional groups attached to an aromatic ring is 1. The van der Waals surface area contributed by atoms with Crippen LogP contribution in [0.5, 0.6) is 0 Å². The first kappa shape index (κ1) is 54.8. The zero-order valence-electron chi connectivity index (χ0n) is 39.6. The number of aromatic amines is 1. The Morgan fingerprint density at radius 1 is 0.690 bits per heavy atom.